The lowest BCUT2D eigenvalue weighted by molar-refractivity contribution is -0.148. The zero-order valence-corrected chi connectivity index (χ0v) is 19.8. The first-order valence-electron chi connectivity index (χ1n) is 11.0. The van der Waals surface area contributed by atoms with Crippen molar-refractivity contribution in [2.45, 2.75) is 25.9 Å². The molecule has 3 heterocycles. The van der Waals surface area contributed by atoms with Gasteiger partial charge in [-0.2, -0.15) is 13.2 Å². The minimum atomic E-state index is -4.70. The highest BCUT2D eigenvalue weighted by Crippen LogP contribution is 2.34. The summed E-state index contributed by atoms with van der Waals surface area (Å²) in [4.78, 5) is 38.9. The number of nitrogens with one attached hydrogen (secondary N) is 1. The fraction of sp³-hybridized carbons (Fsp3) is 0.348. The minimum Gasteiger partial charge on any atom is -0.466 e. The number of benzene rings is 1. The fourth-order valence-corrected chi connectivity index (χ4v) is 4.45. The third-order valence-electron chi connectivity index (χ3n) is 5.56. The van der Waals surface area contributed by atoms with Crippen LogP contribution in [0.15, 0.2) is 36.0 Å². The Balaban J connectivity index is 1.38. The number of thiazole rings is 1. The number of carbonyl (C=O) groups excluding carboxylic acids is 2. The van der Waals surface area contributed by atoms with E-state index in [1.807, 2.05) is 4.90 Å². The summed E-state index contributed by atoms with van der Waals surface area (Å²) in [6, 6.07) is 2.14. The molecule has 1 aliphatic rings. The van der Waals surface area contributed by atoms with Gasteiger partial charge in [0.1, 0.15) is 17.3 Å². The van der Waals surface area contributed by atoms with Crippen LogP contribution < -0.4 is 10.2 Å². The maximum atomic E-state index is 13.7. The number of piperidine rings is 1. The lowest BCUT2D eigenvalue weighted by atomic mass is 9.97. The van der Waals surface area contributed by atoms with E-state index < -0.39 is 23.5 Å². The summed E-state index contributed by atoms with van der Waals surface area (Å²) in [5.41, 5.74) is -1.08. The average molecular weight is 524 g/mol. The molecule has 1 aromatic carbocycles. The predicted octanol–water partition coefficient (Wildman–Crippen LogP) is 4.79. The van der Waals surface area contributed by atoms with Gasteiger partial charge >= 0.3 is 12.1 Å². The van der Waals surface area contributed by atoms with Gasteiger partial charge in [0.25, 0.3) is 5.91 Å². The number of halogens is 4. The van der Waals surface area contributed by atoms with Gasteiger partial charge in [0.05, 0.1) is 36.2 Å². The Bertz CT molecular complexity index is 1240. The van der Waals surface area contributed by atoms with E-state index in [1.54, 1.807) is 6.92 Å². The lowest BCUT2D eigenvalue weighted by Gasteiger charge is -2.31. The molecule has 1 fully saturated rings. The van der Waals surface area contributed by atoms with Gasteiger partial charge in [-0.25, -0.2) is 19.3 Å². The molecule has 13 heteroatoms. The Morgan fingerprint density at radius 3 is 2.56 bits per heavy atom. The maximum Gasteiger partial charge on any atom is 0.416 e. The van der Waals surface area contributed by atoms with Crippen molar-refractivity contribution in [3.05, 3.63) is 53.0 Å². The number of esters is 1. The molecule has 0 atom stereocenters. The predicted molar refractivity (Wildman–Crippen MR) is 124 cm³/mol. The molecule has 1 amide bonds. The van der Waals surface area contributed by atoms with Gasteiger partial charge in [-0.05, 0) is 38.0 Å². The second-order valence-corrected chi connectivity index (χ2v) is 8.85. The molecule has 1 aliphatic heterocycles. The molecule has 0 aliphatic carbocycles. The molecule has 0 saturated carbocycles. The van der Waals surface area contributed by atoms with Crippen LogP contribution in [-0.2, 0) is 15.7 Å². The number of alkyl halides is 3. The standard InChI is InChI=1S/C23H21F4N5O3S/c1-2-35-21(34)13-3-5-32(6-4-13)19-11-28-17(10-29-19)20(33)31-22-30-18(12-36-22)14-7-15(23(25,26)27)9-16(24)8-14/h7-13H,2-6H2,1H3,(H,30,31,33). The Labute approximate surface area is 207 Å². The highest BCUT2D eigenvalue weighted by molar-refractivity contribution is 7.14. The number of nitrogens with zero attached hydrogens (tertiary/aromatic N) is 4. The van der Waals surface area contributed by atoms with Crippen molar-refractivity contribution in [3.8, 4) is 11.3 Å². The molecule has 0 unspecified atom stereocenters. The molecule has 8 nitrogen and oxygen atoms in total. The molecule has 4 rings (SSSR count). The quantitative estimate of drug-likeness (QED) is 0.367. The number of rotatable bonds is 6. The van der Waals surface area contributed by atoms with Crippen molar-refractivity contribution in [2.24, 2.45) is 5.92 Å². The van der Waals surface area contributed by atoms with E-state index in [9.17, 15) is 27.2 Å². The van der Waals surface area contributed by atoms with Gasteiger partial charge in [0, 0.05) is 24.0 Å². The summed E-state index contributed by atoms with van der Waals surface area (Å²) in [6.45, 7) is 3.31. The van der Waals surface area contributed by atoms with E-state index in [0.29, 0.717) is 44.4 Å². The molecular weight excluding hydrogens is 502 g/mol. The highest BCUT2D eigenvalue weighted by Gasteiger charge is 2.32. The van der Waals surface area contributed by atoms with Crippen molar-refractivity contribution >= 4 is 34.2 Å². The normalized spacial score (nSPS) is 14.5. The first-order chi connectivity index (χ1) is 17.1. The minimum absolute atomic E-state index is 0.0158. The molecule has 36 heavy (non-hydrogen) atoms. The Kier molecular flexibility index (Phi) is 7.48. The van der Waals surface area contributed by atoms with Crippen molar-refractivity contribution in [3.63, 3.8) is 0 Å². The van der Waals surface area contributed by atoms with Crippen LogP contribution in [0.2, 0.25) is 0 Å². The van der Waals surface area contributed by atoms with Crippen molar-refractivity contribution in [2.75, 3.05) is 29.9 Å². The molecule has 1 N–H and O–H groups in total. The summed E-state index contributed by atoms with van der Waals surface area (Å²) in [5, 5.41) is 4.05. The van der Waals surface area contributed by atoms with Crippen molar-refractivity contribution in [1.82, 2.24) is 15.0 Å². The molecule has 3 aromatic rings. The van der Waals surface area contributed by atoms with E-state index in [4.69, 9.17) is 4.74 Å². The van der Waals surface area contributed by atoms with E-state index in [0.717, 1.165) is 23.5 Å². The van der Waals surface area contributed by atoms with Crippen LogP contribution in [0.5, 0.6) is 0 Å². The van der Waals surface area contributed by atoms with E-state index >= 15 is 0 Å². The van der Waals surface area contributed by atoms with E-state index in [-0.39, 0.29) is 34.0 Å². The number of amides is 1. The van der Waals surface area contributed by atoms with Crippen LogP contribution in [0.3, 0.4) is 0 Å². The number of carbonyl (C=O) groups is 2. The Morgan fingerprint density at radius 2 is 1.92 bits per heavy atom. The summed E-state index contributed by atoms with van der Waals surface area (Å²) >= 11 is 0.977. The number of anilines is 2. The summed E-state index contributed by atoms with van der Waals surface area (Å²) in [7, 11) is 0. The van der Waals surface area contributed by atoms with Crippen molar-refractivity contribution < 1.29 is 31.9 Å². The maximum absolute atomic E-state index is 13.7. The van der Waals surface area contributed by atoms with E-state index in [2.05, 4.69) is 20.3 Å². The second kappa shape index (κ2) is 10.6. The molecule has 0 radical (unpaired) electrons. The molecule has 190 valence electrons. The third kappa shape index (κ3) is 5.96. The first kappa shape index (κ1) is 25.5. The Morgan fingerprint density at radius 1 is 1.17 bits per heavy atom. The van der Waals surface area contributed by atoms with Crippen LogP contribution in [0, 0.1) is 11.7 Å². The van der Waals surface area contributed by atoms with Crippen LogP contribution in [0.4, 0.5) is 28.5 Å². The van der Waals surface area contributed by atoms with Crippen LogP contribution >= 0.6 is 11.3 Å². The summed E-state index contributed by atoms with van der Waals surface area (Å²) in [6.07, 6.45) is -0.682. The topological polar surface area (TPSA) is 97.3 Å². The van der Waals surface area contributed by atoms with Crippen LogP contribution in [-0.4, -0.2) is 46.5 Å². The Hall–Kier alpha value is -3.61. The summed E-state index contributed by atoms with van der Waals surface area (Å²) < 4.78 is 57.7. The zero-order valence-electron chi connectivity index (χ0n) is 19.0. The van der Waals surface area contributed by atoms with Gasteiger partial charge < -0.3 is 9.64 Å². The third-order valence-corrected chi connectivity index (χ3v) is 6.31. The summed E-state index contributed by atoms with van der Waals surface area (Å²) in [5.74, 6) is -1.42. The number of hydrogen-bond acceptors (Lipinski definition) is 8. The first-order valence-corrected chi connectivity index (χ1v) is 11.9. The zero-order chi connectivity index (χ0) is 25.9. The lowest BCUT2D eigenvalue weighted by Crippen LogP contribution is -2.37. The van der Waals surface area contributed by atoms with Gasteiger partial charge in [0.2, 0.25) is 0 Å². The number of aromatic nitrogens is 3. The fourth-order valence-electron chi connectivity index (χ4n) is 3.73. The monoisotopic (exact) mass is 523 g/mol. The smallest absolute Gasteiger partial charge is 0.416 e. The average Bonchev–Trinajstić information content (AvgIpc) is 3.32. The second-order valence-electron chi connectivity index (χ2n) is 7.99. The number of ether oxygens (including phenoxy) is 1. The molecular formula is C23H21F4N5O3S. The van der Waals surface area contributed by atoms with Gasteiger partial charge in [-0.3, -0.25) is 14.9 Å². The van der Waals surface area contributed by atoms with Crippen molar-refractivity contribution in [1.29, 1.82) is 0 Å². The SMILES string of the molecule is CCOC(=O)C1CCN(c2cnc(C(=O)Nc3nc(-c4cc(F)cc(C(F)(F)F)c4)cs3)cn2)CC1. The molecule has 0 spiro atoms. The molecule has 1 saturated heterocycles. The van der Waals surface area contributed by atoms with Gasteiger partial charge in [-0.1, -0.05) is 0 Å². The van der Waals surface area contributed by atoms with E-state index in [1.165, 1.54) is 17.8 Å². The molecule has 0 bridgehead atoms. The highest BCUT2D eigenvalue weighted by atomic mass is 32.1. The van der Waals surface area contributed by atoms with Crippen LogP contribution in [0.1, 0.15) is 35.8 Å². The van der Waals surface area contributed by atoms with Gasteiger partial charge in [-0.15, -0.1) is 11.3 Å². The molecule has 2 aromatic heterocycles. The van der Waals surface area contributed by atoms with Gasteiger partial charge in [0.15, 0.2) is 5.13 Å². The van der Waals surface area contributed by atoms with Crippen LogP contribution in [0.25, 0.3) is 11.3 Å². The number of hydrogen-bond donors (Lipinski definition) is 1. The largest absolute Gasteiger partial charge is 0.466 e.